The normalized spacial score (nSPS) is 34.1. The van der Waals surface area contributed by atoms with Crippen molar-refractivity contribution in [2.75, 3.05) is 6.54 Å². The lowest BCUT2D eigenvalue weighted by atomic mass is 9.93. The van der Waals surface area contributed by atoms with Crippen molar-refractivity contribution in [1.82, 2.24) is 5.32 Å². The maximum atomic E-state index is 11.4. The Labute approximate surface area is 85.8 Å². The Bertz CT molecular complexity index is 257. The molecule has 14 heavy (non-hydrogen) atoms. The van der Waals surface area contributed by atoms with Crippen LogP contribution in [0.25, 0.3) is 0 Å². The van der Waals surface area contributed by atoms with Gasteiger partial charge in [0.1, 0.15) is 0 Å². The van der Waals surface area contributed by atoms with Crippen molar-refractivity contribution in [1.29, 1.82) is 0 Å². The maximum absolute atomic E-state index is 11.4. The first-order valence-corrected chi connectivity index (χ1v) is 5.63. The predicted molar refractivity (Wildman–Crippen MR) is 56.7 cm³/mol. The van der Waals surface area contributed by atoms with E-state index in [4.69, 9.17) is 0 Å². The number of nitrogens with one attached hydrogen (secondary N) is 1. The summed E-state index contributed by atoms with van der Waals surface area (Å²) in [6, 6.07) is 0. The Morgan fingerprint density at radius 1 is 1.43 bits per heavy atom. The van der Waals surface area contributed by atoms with Gasteiger partial charge < -0.3 is 5.32 Å². The van der Waals surface area contributed by atoms with E-state index < -0.39 is 0 Å². The van der Waals surface area contributed by atoms with Crippen LogP contribution in [0, 0.1) is 23.7 Å². The van der Waals surface area contributed by atoms with E-state index in [0.717, 1.165) is 18.4 Å². The lowest BCUT2D eigenvalue weighted by molar-refractivity contribution is -0.124. The molecule has 2 aliphatic carbocycles. The van der Waals surface area contributed by atoms with Gasteiger partial charge in [-0.25, -0.2) is 0 Å². The lowest BCUT2D eigenvalue weighted by Gasteiger charge is -2.19. The molecule has 0 aromatic rings. The van der Waals surface area contributed by atoms with E-state index in [9.17, 15) is 4.79 Å². The van der Waals surface area contributed by atoms with Gasteiger partial charge in [0.15, 0.2) is 0 Å². The first kappa shape index (κ1) is 9.75. The van der Waals surface area contributed by atoms with E-state index in [1.807, 2.05) is 13.8 Å². The molecule has 78 valence electrons. The molecular formula is C12H19NO. The van der Waals surface area contributed by atoms with Crippen LogP contribution in [0.3, 0.4) is 0 Å². The molecule has 3 atom stereocenters. The molecule has 0 radical (unpaired) electrons. The van der Waals surface area contributed by atoms with Crippen molar-refractivity contribution < 1.29 is 4.79 Å². The van der Waals surface area contributed by atoms with Crippen LogP contribution < -0.4 is 5.32 Å². The summed E-state index contributed by atoms with van der Waals surface area (Å²) in [5.41, 5.74) is 0. The van der Waals surface area contributed by atoms with E-state index in [2.05, 4.69) is 17.5 Å². The van der Waals surface area contributed by atoms with E-state index in [0.29, 0.717) is 5.92 Å². The topological polar surface area (TPSA) is 29.1 Å². The Balaban J connectivity index is 1.77. The van der Waals surface area contributed by atoms with Gasteiger partial charge in [0, 0.05) is 12.5 Å². The number of carbonyl (C=O) groups is 1. The third-order valence-corrected chi connectivity index (χ3v) is 3.48. The monoisotopic (exact) mass is 193 g/mol. The molecule has 2 bridgehead atoms. The number of amides is 1. The summed E-state index contributed by atoms with van der Waals surface area (Å²) in [5, 5.41) is 3.04. The SMILES string of the molecule is CC(C)C(=O)NC[C@H]1C[C@@H]2C=C[C@H]1C2. The highest BCUT2D eigenvalue weighted by Crippen LogP contribution is 2.42. The number of hydrogen-bond acceptors (Lipinski definition) is 1. The Morgan fingerprint density at radius 3 is 2.71 bits per heavy atom. The Hall–Kier alpha value is -0.790. The number of fused-ring (bicyclic) bond motifs is 2. The average molecular weight is 193 g/mol. The molecule has 0 heterocycles. The smallest absolute Gasteiger partial charge is 0.222 e. The highest BCUT2D eigenvalue weighted by atomic mass is 16.1. The second-order valence-corrected chi connectivity index (χ2v) is 4.94. The van der Waals surface area contributed by atoms with Crippen LogP contribution >= 0.6 is 0 Å². The highest BCUT2D eigenvalue weighted by molar-refractivity contribution is 5.77. The molecule has 0 spiro atoms. The zero-order chi connectivity index (χ0) is 10.1. The van der Waals surface area contributed by atoms with Crippen LogP contribution in [-0.4, -0.2) is 12.5 Å². The van der Waals surface area contributed by atoms with E-state index in [-0.39, 0.29) is 11.8 Å². The summed E-state index contributed by atoms with van der Waals surface area (Å²) in [4.78, 5) is 11.4. The molecule has 2 heteroatoms. The van der Waals surface area contributed by atoms with Gasteiger partial charge in [0.05, 0.1) is 0 Å². The standard InChI is InChI=1S/C12H19NO/c1-8(2)12(14)13-7-11-6-9-3-4-10(11)5-9/h3-4,8-11H,5-7H2,1-2H3,(H,13,14)/t9-,10+,11-/m1/s1. The second kappa shape index (κ2) is 3.76. The summed E-state index contributed by atoms with van der Waals surface area (Å²) in [6.07, 6.45) is 7.27. The van der Waals surface area contributed by atoms with Gasteiger partial charge in [0.2, 0.25) is 5.91 Å². The molecule has 2 aliphatic rings. The molecule has 1 saturated carbocycles. The molecule has 1 fully saturated rings. The molecule has 0 aromatic carbocycles. The number of allylic oxidation sites excluding steroid dienone is 2. The van der Waals surface area contributed by atoms with Crippen LogP contribution in [-0.2, 0) is 4.79 Å². The number of carbonyl (C=O) groups excluding carboxylic acids is 1. The summed E-state index contributed by atoms with van der Waals surface area (Å²) >= 11 is 0. The predicted octanol–water partition coefficient (Wildman–Crippen LogP) is 1.97. The van der Waals surface area contributed by atoms with Crippen LogP contribution in [0.1, 0.15) is 26.7 Å². The minimum Gasteiger partial charge on any atom is -0.356 e. The highest BCUT2D eigenvalue weighted by Gasteiger charge is 2.35. The first-order valence-electron chi connectivity index (χ1n) is 5.63. The fraction of sp³-hybridized carbons (Fsp3) is 0.750. The van der Waals surface area contributed by atoms with Gasteiger partial charge in [-0.2, -0.15) is 0 Å². The number of rotatable bonds is 3. The van der Waals surface area contributed by atoms with Crippen LogP contribution in [0.4, 0.5) is 0 Å². The Kier molecular flexibility index (Phi) is 2.62. The average Bonchev–Trinajstić information content (AvgIpc) is 2.74. The quantitative estimate of drug-likeness (QED) is 0.682. The minimum atomic E-state index is 0.115. The third-order valence-electron chi connectivity index (χ3n) is 3.48. The van der Waals surface area contributed by atoms with Gasteiger partial charge in [-0.05, 0) is 30.6 Å². The van der Waals surface area contributed by atoms with Crippen LogP contribution in [0.2, 0.25) is 0 Å². The maximum Gasteiger partial charge on any atom is 0.222 e. The van der Waals surface area contributed by atoms with Crippen LogP contribution in [0.5, 0.6) is 0 Å². The number of hydrogen-bond donors (Lipinski definition) is 1. The van der Waals surface area contributed by atoms with Gasteiger partial charge in [-0.3, -0.25) is 4.79 Å². The van der Waals surface area contributed by atoms with Gasteiger partial charge in [0.25, 0.3) is 0 Å². The summed E-state index contributed by atoms with van der Waals surface area (Å²) < 4.78 is 0. The summed E-state index contributed by atoms with van der Waals surface area (Å²) in [7, 11) is 0. The minimum absolute atomic E-state index is 0.115. The fourth-order valence-electron chi connectivity index (χ4n) is 2.57. The first-order chi connectivity index (χ1) is 6.66. The summed E-state index contributed by atoms with van der Waals surface area (Å²) in [6.45, 7) is 4.76. The molecular weight excluding hydrogens is 174 g/mol. The third kappa shape index (κ3) is 1.84. The largest absolute Gasteiger partial charge is 0.356 e. The zero-order valence-corrected chi connectivity index (χ0v) is 8.99. The van der Waals surface area contributed by atoms with E-state index in [1.165, 1.54) is 12.8 Å². The Morgan fingerprint density at radius 2 is 2.21 bits per heavy atom. The zero-order valence-electron chi connectivity index (χ0n) is 8.99. The molecule has 0 unspecified atom stereocenters. The van der Waals surface area contributed by atoms with Gasteiger partial charge in [-0.1, -0.05) is 26.0 Å². The van der Waals surface area contributed by atoms with Crippen molar-refractivity contribution >= 4 is 5.91 Å². The lowest BCUT2D eigenvalue weighted by Crippen LogP contribution is -2.33. The molecule has 0 aliphatic heterocycles. The molecule has 2 rings (SSSR count). The van der Waals surface area contributed by atoms with E-state index in [1.54, 1.807) is 0 Å². The van der Waals surface area contributed by atoms with Crippen molar-refractivity contribution in [3.05, 3.63) is 12.2 Å². The second-order valence-electron chi connectivity index (χ2n) is 4.94. The van der Waals surface area contributed by atoms with Gasteiger partial charge >= 0.3 is 0 Å². The molecule has 2 nitrogen and oxygen atoms in total. The van der Waals surface area contributed by atoms with Crippen LogP contribution in [0.15, 0.2) is 12.2 Å². The molecule has 1 amide bonds. The molecule has 1 N–H and O–H groups in total. The van der Waals surface area contributed by atoms with Gasteiger partial charge in [-0.15, -0.1) is 0 Å². The summed E-state index contributed by atoms with van der Waals surface area (Å²) in [5.74, 6) is 2.56. The van der Waals surface area contributed by atoms with Crippen molar-refractivity contribution in [3.63, 3.8) is 0 Å². The van der Waals surface area contributed by atoms with E-state index >= 15 is 0 Å². The fourth-order valence-corrected chi connectivity index (χ4v) is 2.57. The van der Waals surface area contributed by atoms with Crippen molar-refractivity contribution in [2.24, 2.45) is 23.7 Å². The molecule has 0 saturated heterocycles. The molecule has 0 aromatic heterocycles. The van der Waals surface area contributed by atoms with Crippen molar-refractivity contribution in [3.8, 4) is 0 Å². The van der Waals surface area contributed by atoms with Crippen molar-refractivity contribution in [2.45, 2.75) is 26.7 Å².